The average molecular weight is 99.1 g/mol. The molecule has 0 bridgehead atoms. The molecule has 0 fully saturated rings. The van der Waals surface area contributed by atoms with Gasteiger partial charge in [0.2, 0.25) is 0 Å². The molecule has 0 saturated heterocycles. The van der Waals surface area contributed by atoms with Crippen molar-refractivity contribution >= 4 is 6.21 Å². The molecule has 0 aliphatic rings. The second-order valence-corrected chi connectivity index (χ2v) is 1.10. The van der Waals surface area contributed by atoms with E-state index >= 15 is 0 Å². The van der Waals surface area contributed by atoms with E-state index in [0.717, 1.165) is 0 Å². The Morgan fingerprint density at radius 1 is 1.71 bits per heavy atom. The Morgan fingerprint density at radius 2 is 2.43 bits per heavy atom. The molecule has 0 aliphatic heterocycles. The highest BCUT2D eigenvalue weighted by molar-refractivity contribution is 5.58. The van der Waals surface area contributed by atoms with E-state index in [4.69, 9.17) is 5.21 Å². The lowest BCUT2D eigenvalue weighted by molar-refractivity contribution is 0.321. The van der Waals surface area contributed by atoms with Gasteiger partial charge in [-0.05, 0) is 6.92 Å². The van der Waals surface area contributed by atoms with Crippen molar-refractivity contribution in [1.29, 1.82) is 0 Å². The van der Waals surface area contributed by atoms with Crippen LogP contribution in [0.5, 0.6) is 0 Å². The van der Waals surface area contributed by atoms with Gasteiger partial charge in [-0.3, -0.25) is 0 Å². The van der Waals surface area contributed by atoms with Crippen LogP contribution in [0.3, 0.4) is 0 Å². The lowest BCUT2D eigenvalue weighted by Gasteiger charge is -1.72. The van der Waals surface area contributed by atoms with Crippen molar-refractivity contribution < 1.29 is 5.21 Å². The zero-order chi connectivity index (χ0) is 5.54. The van der Waals surface area contributed by atoms with Crippen LogP contribution >= 0.6 is 0 Å². The van der Waals surface area contributed by atoms with Crippen molar-refractivity contribution in [2.24, 2.45) is 5.16 Å². The Hall–Kier alpha value is -0.790. The number of oxime groups is 1. The third-order valence-corrected chi connectivity index (χ3v) is 0.559. The fourth-order valence-corrected chi connectivity index (χ4v) is 0.244. The van der Waals surface area contributed by atoms with Gasteiger partial charge in [0.05, 0.1) is 0 Å². The molecule has 0 aromatic rings. The molecule has 0 radical (unpaired) electrons. The third kappa shape index (κ3) is 5.21. The quantitative estimate of drug-likeness (QED) is 0.241. The molecule has 0 amide bonds. The molecule has 1 N–H and O–H groups in total. The first-order chi connectivity index (χ1) is 3.41. The van der Waals surface area contributed by atoms with E-state index in [-0.39, 0.29) is 0 Å². The Morgan fingerprint density at radius 3 is 2.86 bits per heavy atom. The summed E-state index contributed by atoms with van der Waals surface area (Å²) >= 11 is 0. The number of allylic oxidation sites excluding steroid dienone is 2. The van der Waals surface area contributed by atoms with Crippen LogP contribution in [0.25, 0.3) is 0 Å². The van der Waals surface area contributed by atoms with Gasteiger partial charge < -0.3 is 5.21 Å². The van der Waals surface area contributed by atoms with Gasteiger partial charge >= 0.3 is 0 Å². The summed E-state index contributed by atoms with van der Waals surface area (Å²) in [4.78, 5) is 0. The van der Waals surface area contributed by atoms with Gasteiger partial charge in [-0.2, -0.15) is 0 Å². The minimum Gasteiger partial charge on any atom is -0.411 e. The second kappa shape index (κ2) is 5.21. The van der Waals surface area contributed by atoms with Crippen molar-refractivity contribution in [2.45, 2.75) is 13.3 Å². The summed E-state index contributed by atoms with van der Waals surface area (Å²) in [5.74, 6) is 0. The number of hydrogen-bond acceptors (Lipinski definition) is 2. The molecule has 0 heterocycles. The lowest BCUT2D eigenvalue weighted by atomic mass is 10.4. The lowest BCUT2D eigenvalue weighted by Crippen LogP contribution is -1.65. The molecule has 0 rings (SSSR count). The first kappa shape index (κ1) is 6.21. The van der Waals surface area contributed by atoms with Crippen molar-refractivity contribution in [1.82, 2.24) is 0 Å². The molecular formula is C5H9NO. The predicted molar refractivity (Wildman–Crippen MR) is 29.7 cm³/mol. The van der Waals surface area contributed by atoms with E-state index in [0.29, 0.717) is 6.42 Å². The summed E-state index contributed by atoms with van der Waals surface area (Å²) in [6.45, 7) is 1.92. The maximum Gasteiger partial charge on any atom is 0.0473 e. The van der Waals surface area contributed by atoms with Crippen LogP contribution in [-0.2, 0) is 0 Å². The van der Waals surface area contributed by atoms with Crippen LogP contribution in [0, 0.1) is 0 Å². The molecule has 7 heavy (non-hydrogen) atoms. The van der Waals surface area contributed by atoms with Gasteiger partial charge in [-0.25, -0.2) is 0 Å². The van der Waals surface area contributed by atoms with E-state index in [1.54, 1.807) is 0 Å². The first-order valence-electron chi connectivity index (χ1n) is 2.19. The van der Waals surface area contributed by atoms with Crippen molar-refractivity contribution in [2.75, 3.05) is 0 Å². The summed E-state index contributed by atoms with van der Waals surface area (Å²) in [6, 6.07) is 0. The zero-order valence-electron chi connectivity index (χ0n) is 4.33. The van der Waals surface area contributed by atoms with Crippen molar-refractivity contribution in [3.05, 3.63) is 12.2 Å². The highest BCUT2D eigenvalue weighted by Gasteiger charge is 1.64. The monoisotopic (exact) mass is 99.1 g/mol. The summed E-state index contributed by atoms with van der Waals surface area (Å²) in [7, 11) is 0. The summed E-state index contributed by atoms with van der Waals surface area (Å²) in [5.41, 5.74) is 0. The average Bonchev–Trinajstić information content (AvgIpc) is 1.69. The van der Waals surface area contributed by atoms with Crippen LogP contribution in [0.1, 0.15) is 13.3 Å². The van der Waals surface area contributed by atoms with E-state index < -0.39 is 0 Å². The number of nitrogens with zero attached hydrogens (tertiary/aromatic N) is 1. The third-order valence-electron chi connectivity index (χ3n) is 0.559. The Kier molecular flexibility index (Phi) is 4.62. The van der Waals surface area contributed by atoms with E-state index in [2.05, 4.69) is 5.16 Å². The zero-order valence-corrected chi connectivity index (χ0v) is 4.33. The maximum atomic E-state index is 7.83. The van der Waals surface area contributed by atoms with Crippen molar-refractivity contribution in [3.63, 3.8) is 0 Å². The van der Waals surface area contributed by atoms with Gasteiger partial charge in [0.25, 0.3) is 0 Å². The normalized spacial score (nSPS) is 11.6. The Balaban J connectivity index is 2.98. The molecule has 0 atom stereocenters. The minimum atomic E-state index is 0.715. The second-order valence-electron chi connectivity index (χ2n) is 1.10. The largest absolute Gasteiger partial charge is 0.411 e. The highest BCUT2D eigenvalue weighted by Crippen LogP contribution is 1.74. The Bertz CT molecular complexity index is 66.1. The molecule has 0 aromatic carbocycles. The SMILES string of the molecule is C/C=C/C/C=N/O. The molecule has 0 aromatic heterocycles. The van der Waals surface area contributed by atoms with E-state index in [1.807, 2.05) is 19.1 Å². The molecule has 0 unspecified atom stereocenters. The smallest absolute Gasteiger partial charge is 0.0473 e. The topological polar surface area (TPSA) is 32.6 Å². The van der Waals surface area contributed by atoms with Crippen molar-refractivity contribution in [3.8, 4) is 0 Å². The maximum absolute atomic E-state index is 7.83. The summed E-state index contributed by atoms with van der Waals surface area (Å²) < 4.78 is 0. The van der Waals surface area contributed by atoms with E-state index in [1.165, 1.54) is 6.21 Å². The fourth-order valence-electron chi connectivity index (χ4n) is 0.244. The van der Waals surface area contributed by atoms with Crippen LogP contribution in [0.2, 0.25) is 0 Å². The van der Waals surface area contributed by atoms with Crippen LogP contribution < -0.4 is 0 Å². The molecule has 0 spiro atoms. The summed E-state index contributed by atoms with van der Waals surface area (Å²) in [6.07, 6.45) is 5.95. The fraction of sp³-hybridized carbons (Fsp3) is 0.400. The highest BCUT2D eigenvalue weighted by atomic mass is 16.4. The van der Waals surface area contributed by atoms with Gasteiger partial charge in [0.1, 0.15) is 0 Å². The van der Waals surface area contributed by atoms with Crippen LogP contribution in [0.4, 0.5) is 0 Å². The van der Waals surface area contributed by atoms with Gasteiger partial charge in [0, 0.05) is 12.6 Å². The summed E-state index contributed by atoms with van der Waals surface area (Å²) in [5, 5.41) is 10.6. The Labute approximate surface area is 43.2 Å². The minimum absolute atomic E-state index is 0.715. The van der Waals surface area contributed by atoms with Crippen LogP contribution in [-0.4, -0.2) is 11.4 Å². The molecule has 0 aliphatic carbocycles. The van der Waals surface area contributed by atoms with Gasteiger partial charge in [0.15, 0.2) is 0 Å². The number of hydrogen-bond donors (Lipinski definition) is 1. The molecular weight excluding hydrogens is 90.1 g/mol. The predicted octanol–water partition coefficient (Wildman–Crippen LogP) is 1.41. The molecule has 2 nitrogen and oxygen atoms in total. The van der Waals surface area contributed by atoms with E-state index in [9.17, 15) is 0 Å². The van der Waals surface area contributed by atoms with Crippen LogP contribution in [0.15, 0.2) is 17.3 Å². The molecule has 40 valence electrons. The number of rotatable bonds is 2. The van der Waals surface area contributed by atoms with Gasteiger partial charge in [-0.15, -0.1) is 5.16 Å². The first-order valence-corrected chi connectivity index (χ1v) is 2.19. The molecule has 0 saturated carbocycles. The van der Waals surface area contributed by atoms with Gasteiger partial charge in [-0.1, -0.05) is 12.2 Å². The standard InChI is InChI=1S/C5H9NO/c1-2-3-4-5-6-7/h2-3,5,7H,4H2,1H3/b3-2+,6-5+. The molecule has 2 heteroatoms.